The molecule has 0 aliphatic rings. The Bertz CT molecular complexity index is 671. The van der Waals surface area contributed by atoms with Gasteiger partial charge in [-0.3, -0.25) is 9.59 Å². The summed E-state index contributed by atoms with van der Waals surface area (Å²) in [6.45, 7) is 1.71. The Morgan fingerprint density at radius 3 is 2.67 bits per heavy atom. The number of carboxylic acids is 1. The number of para-hydroxylation sites is 2. The molecule has 1 heterocycles. The summed E-state index contributed by atoms with van der Waals surface area (Å²) in [4.78, 5) is 25.1. The van der Waals surface area contributed by atoms with Crippen molar-refractivity contribution in [2.75, 3.05) is 17.2 Å². The van der Waals surface area contributed by atoms with Gasteiger partial charge in [-0.05, 0) is 30.6 Å². The average Bonchev–Trinajstić information content (AvgIpc) is 2.86. The lowest BCUT2D eigenvalue weighted by molar-refractivity contribution is -0.136. The lowest BCUT2D eigenvalue weighted by Gasteiger charge is -2.23. The number of nitrogens with zero attached hydrogens (tertiary/aromatic N) is 3. The summed E-state index contributed by atoms with van der Waals surface area (Å²) in [7, 11) is 0. The van der Waals surface area contributed by atoms with Gasteiger partial charge in [0.05, 0.1) is 23.5 Å². The van der Waals surface area contributed by atoms with E-state index < -0.39 is 5.97 Å². The van der Waals surface area contributed by atoms with Gasteiger partial charge in [-0.15, -0.1) is 5.10 Å². The van der Waals surface area contributed by atoms with Gasteiger partial charge in [0.15, 0.2) is 0 Å². The number of rotatable bonds is 5. The van der Waals surface area contributed by atoms with Crippen molar-refractivity contribution in [1.29, 1.82) is 0 Å². The second kappa shape index (κ2) is 6.31. The summed E-state index contributed by atoms with van der Waals surface area (Å²) in [5.41, 5.74) is 7.29. The van der Waals surface area contributed by atoms with Crippen molar-refractivity contribution in [3.63, 3.8) is 0 Å². The first-order valence-electron chi connectivity index (χ1n) is 6.18. The molecular formula is C13H14N4O3S. The Hall–Kier alpha value is -2.48. The van der Waals surface area contributed by atoms with Crippen LogP contribution in [-0.2, 0) is 4.79 Å². The number of hydrogen-bond acceptors (Lipinski definition) is 6. The Labute approximate surface area is 125 Å². The van der Waals surface area contributed by atoms with Crippen LogP contribution in [0.1, 0.15) is 21.8 Å². The summed E-state index contributed by atoms with van der Waals surface area (Å²) < 4.78 is 3.73. The van der Waals surface area contributed by atoms with Crippen LogP contribution in [0.15, 0.2) is 24.3 Å². The van der Waals surface area contributed by atoms with E-state index in [2.05, 4.69) is 9.59 Å². The van der Waals surface area contributed by atoms with Crippen LogP contribution in [0.3, 0.4) is 0 Å². The molecule has 21 heavy (non-hydrogen) atoms. The van der Waals surface area contributed by atoms with Crippen LogP contribution >= 0.6 is 11.5 Å². The zero-order valence-electron chi connectivity index (χ0n) is 11.3. The number of aliphatic carboxylic acids is 1. The molecule has 1 amide bonds. The molecule has 2 rings (SSSR count). The highest BCUT2D eigenvalue weighted by Gasteiger charge is 2.24. The predicted molar refractivity (Wildman–Crippen MR) is 79.4 cm³/mol. The van der Waals surface area contributed by atoms with Gasteiger partial charge in [-0.2, -0.15) is 0 Å². The van der Waals surface area contributed by atoms with Crippen molar-refractivity contribution in [1.82, 2.24) is 9.59 Å². The minimum atomic E-state index is -0.985. The van der Waals surface area contributed by atoms with E-state index in [0.29, 0.717) is 21.9 Å². The Kier molecular flexibility index (Phi) is 4.49. The first kappa shape index (κ1) is 14.9. The number of aromatic nitrogens is 2. The highest BCUT2D eigenvalue weighted by Crippen LogP contribution is 2.26. The van der Waals surface area contributed by atoms with Crippen LogP contribution in [0.5, 0.6) is 0 Å². The molecule has 0 aliphatic heterocycles. The van der Waals surface area contributed by atoms with Crippen LogP contribution in [0, 0.1) is 6.92 Å². The highest BCUT2D eigenvalue weighted by molar-refractivity contribution is 7.08. The summed E-state index contributed by atoms with van der Waals surface area (Å²) in [6.07, 6.45) is -0.175. The first-order valence-corrected chi connectivity index (χ1v) is 6.95. The van der Waals surface area contributed by atoms with Gasteiger partial charge in [-0.25, -0.2) is 0 Å². The van der Waals surface area contributed by atoms with E-state index in [1.165, 1.54) is 4.90 Å². The lowest BCUT2D eigenvalue weighted by atomic mass is 10.2. The molecule has 2 aromatic rings. The third-order valence-electron chi connectivity index (χ3n) is 2.87. The molecule has 110 valence electrons. The fraction of sp³-hybridized carbons (Fsp3) is 0.231. The standard InChI is InChI=1S/C13H14N4O3S/c1-8-12(21-16-15-8)13(20)17(7-6-11(18)19)10-5-3-2-4-9(10)14/h2-5H,6-7,14H2,1H3,(H,18,19). The van der Waals surface area contributed by atoms with E-state index in [-0.39, 0.29) is 18.9 Å². The number of benzene rings is 1. The Morgan fingerprint density at radius 1 is 1.38 bits per heavy atom. The minimum absolute atomic E-state index is 0.0275. The maximum Gasteiger partial charge on any atom is 0.305 e. The number of nitrogen functional groups attached to an aromatic ring is 1. The van der Waals surface area contributed by atoms with Crippen LogP contribution in [0.2, 0.25) is 0 Å². The molecule has 0 saturated heterocycles. The Balaban J connectivity index is 2.37. The monoisotopic (exact) mass is 306 g/mol. The van der Waals surface area contributed by atoms with E-state index in [1.807, 2.05) is 0 Å². The third-order valence-corrected chi connectivity index (χ3v) is 3.68. The lowest BCUT2D eigenvalue weighted by Crippen LogP contribution is -2.33. The molecular weight excluding hydrogens is 292 g/mol. The molecule has 0 fully saturated rings. The van der Waals surface area contributed by atoms with Crippen molar-refractivity contribution in [2.24, 2.45) is 0 Å². The third kappa shape index (κ3) is 3.34. The maximum absolute atomic E-state index is 12.6. The number of amides is 1. The molecule has 0 unspecified atom stereocenters. The maximum atomic E-state index is 12.6. The second-order valence-corrected chi connectivity index (χ2v) is 5.10. The molecule has 0 aliphatic carbocycles. The van der Waals surface area contributed by atoms with Crippen LogP contribution < -0.4 is 10.6 Å². The summed E-state index contributed by atoms with van der Waals surface area (Å²) in [6, 6.07) is 6.83. The van der Waals surface area contributed by atoms with E-state index in [9.17, 15) is 9.59 Å². The van der Waals surface area contributed by atoms with Gasteiger partial charge in [0.25, 0.3) is 5.91 Å². The fourth-order valence-electron chi connectivity index (χ4n) is 1.82. The molecule has 7 nitrogen and oxygen atoms in total. The zero-order valence-corrected chi connectivity index (χ0v) is 12.1. The highest BCUT2D eigenvalue weighted by atomic mass is 32.1. The average molecular weight is 306 g/mol. The topological polar surface area (TPSA) is 109 Å². The number of carboxylic acid groups (broad SMARTS) is 1. The SMILES string of the molecule is Cc1nnsc1C(=O)N(CCC(=O)O)c1ccccc1N. The molecule has 8 heteroatoms. The van der Waals surface area contributed by atoms with E-state index >= 15 is 0 Å². The molecule has 0 spiro atoms. The van der Waals surface area contributed by atoms with Crippen molar-refractivity contribution in [3.05, 3.63) is 34.8 Å². The predicted octanol–water partition coefficient (Wildman–Crippen LogP) is 1.55. The second-order valence-electron chi connectivity index (χ2n) is 4.35. The van der Waals surface area contributed by atoms with Gasteiger partial charge in [-0.1, -0.05) is 16.6 Å². The fourth-order valence-corrected chi connectivity index (χ4v) is 2.43. The summed E-state index contributed by atoms with van der Waals surface area (Å²) in [5.74, 6) is -1.33. The minimum Gasteiger partial charge on any atom is -0.481 e. The Morgan fingerprint density at radius 2 is 2.10 bits per heavy atom. The smallest absolute Gasteiger partial charge is 0.305 e. The molecule has 0 atom stereocenters. The van der Waals surface area contributed by atoms with Crippen molar-refractivity contribution in [2.45, 2.75) is 13.3 Å². The normalized spacial score (nSPS) is 10.3. The largest absolute Gasteiger partial charge is 0.481 e. The van der Waals surface area contributed by atoms with Gasteiger partial charge >= 0.3 is 5.97 Å². The zero-order chi connectivity index (χ0) is 15.4. The van der Waals surface area contributed by atoms with Crippen LogP contribution in [-0.4, -0.2) is 33.1 Å². The van der Waals surface area contributed by atoms with E-state index in [1.54, 1.807) is 31.2 Å². The number of aryl methyl sites for hydroxylation is 1. The van der Waals surface area contributed by atoms with Crippen LogP contribution in [0.25, 0.3) is 0 Å². The van der Waals surface area contributed by atoms with Crippen molar-refractivity contribution < 1.29 is 14.7 Å². The van der Waals surface area contributed by atoms with E-state index in [0.717, 1.165) is 11.5 Å². The summed E-state index contributed by atoms with van der Waals surface area (Å²) in [5, 5.41) is 12.7. The van der Waals surface area contributed by atoms with Crippen LogP contribution in [0.4, 0.5) is 11.4 Å². The van der Waals surface area contributed by atoms with Gasteiger partial charge < -0.3 is 15.7 Å². The molecule has 3 N–H and O–H groups in total. The first-order chi connectivity index (χ1) is 10.0. The summed E-state index contributed by atoms with van der Waals surface area (Å²) >= 11 is 0.980. The molecule has 0 saturated carbocycles. The number of anilines is 2. The number of carbonyl (C=O) groups is 2. The van der Waals surface area contributed by atoms with Gasteiger partial charge in [0, 0.05) is 6.54 Å². The molecule has 1 aromatic carbocycles. The molecule has 0 bridgehead atoms. The van der Waals surface area contributed by atoms with Crippen molar-refractivity contribution in [3.8, 4) is 0 Å². The van der Waals surface area contributed by atoms with Gasteiger partial charge in [0.2, 0.25) is 0 Å². The van der Waals surface area contributed by atoms with E-state index in [4.69, 9.17) is 10.8 Å². The number of carbonyl (C=O) groups excluding carboxylic acids is 1. The van der Waals surface area contributed by atoms with Gasteiger partial charge in [0.1, 0.15) is 4.88 Å². The number of nitrogens with two attached hydrogens (primary N) is 1. The number of hydrogen-bond donors (Lipinski definition) is 2. The molecule has 0 radical (unpaired) electrons. The van der Waals surface area contributed by atoms with Crippen molar-refractivity contribution >= 4 is 34.8 Å². The molecule has 1 aromatic heterocycles. The quantitative estimate of drug-likeness (QED) is 0.811.